The van der Waals surface area contributed by atoms with Gasteiger partial charge >= 0.3 is 0 Å². The lowest BCUT2D eigenvalue weighted by Crippen LogP contribution is -2.65. The molecule has 2 aromatic rings. The van der Waals surface area contributed by atoms with Gasteiger partial charge in [0.1, 0.15) is 0 Å². The predicted molar refractivity (Wildman–Crippen MR) is 146 cm³/mol. The second kappa shape index (κ2) is 8.82. The maximum absolute atomic E-state index is 13.6. The monoisotopic (exact) mass is 514 g/mol. The number of aliphatic hydroxyl groups excluding tert-OH is 1. The molecule has 2 aromatic carbocycles. The molecule has 2 spiro atoms. The van der Waals surface area contributed by atoms with Crippen LogP contribution in [0.15, 0.2) is 42.5 Å². The molecule has 3 fully saturated rings. The van der Waals surface area contributed by atoms with E-state index in [4.69, 9.17) is 0 Å². The summed E-state index contributed by atoms with van der Waals surface area (Å²) in [5.41, 5.74) is 6.11. The first-order chi connectivity index (χ1) is 18.3. The van der Waals surface area contributed by atoms with Crippen molar-refractivity contribution >= 4 is 17.5 Å². The molecule has 1 atom stereocenters. The van der Waals surface area contributed by atoms with E-state index in [1.165, 1.54) is 16.7 Å². The molecule has 1 saturated heterocycles. The maximum atomic E-state index is 13.6. The van der Waals surface area contributed by atoms with Crippen molar-refractivity contribution in [3.8, 4) is 0 Å². The van der Waals surface area contributed by atoms with Gasteiger partial charge in [-0.25, -0.2) is 0 Å². The second-order valence-corrected chi connectivity index (χ2v) is 12.8. The normalized spacial score (nSPS) is 23.9. The average molecular weight is 515 g/mol. The van der Waals surface area contributed by atoms with Gasteiger partial charge in [-0.1, -0.05) is 30.3 Å². The largest absolute Gasteiger partial charge is 0.390 e. The van der Waals surface area contributed by atoms with Crippen LogP contribution in [0.1, 0.15) is 59.7 Å². The van der Waals surface area contributed by atoms with Crippen molar-refractivity contribution < 1.29 is 14.7 Å². The first kappa shape index (κ1) is 24.2. The minimum Gasteiger partial charge on any atom is -0.390 e. The van der Waals surface area contributed by atoms with Gasteiger partial charge in [-0.15, -0.1) is 0 Å². The zero-order valence-corrected chi connectivity index (χ0v) is 22.3. The number of carbonyl (C=O) groups excluding carboxylic acids is 2. The van der Waals surface area contributed by atoms with E-state index in [0.29, 0.717) is 31.1 Å². The number of aliphatic hydroxyl groups is 1. The number of β-amino-alcohol motifs (C(OH)–C–C–N with tert-alkyl or cyclic N) is 1. The van der Waals surface area contributed by atoms with Crippen LogP contribution < -0.4 is 5.32 Å². The van der Waals surface area contributed by atoms with Gasteiger partial charge < -0.3 is 20.2 Å². The van der Waals surface area contributed by atoms with E-state index in [-0.39, 0.29) is 17.2 Å². The molecular formula is C31H38N4O3. The first-order valence-electron chi connectivity index (χ1n) is 14.2. The lowest BCUT2D eigenvalue weighted by molar-refractivity contribution is -0.147. The minimum atomic E-state index is -0.564. The Morgan fingerprint density at radius 3 is 2.58 bits per heavy atom. The summed E-state index contributed by atoms with van der Waals surface area (Å²) < 4.78 is 0. The third kappa shape index (κ3) is 4.20. The molecule has 0 aromatic heterocycles. The van der Waals surface area contributed by atoms with Gasteiger partial charge in [-0.2, -0.15) is 0 Å². The molecule has 0 radical (unpaired) electrons. The van der Waals surface area contributed by atoms with Gasteiger partial charge in [0.25, 0.3) is 5.91 Å². The quantitative estimate of drug-likeness (QED) is 0.620. The summed E-state index contributed by atoms with van der Waals surface area (Å²) in [5, 5.41) is 14.7. The molecule has 0 bridgehead atoms. The van der Waals surface area contributed by atoms with Crippen LogP contribution in [0.2, 0.25) is 0 Å². The molecule has 3 heterocycles. The molecule has 38 heavy (non-hydrogen) atoms. The number of likely N-dealkylation sites (tertiary alicyclic amines) is 1. The first-order valence-corrected chi connectivity index (χ1v) is 14.2. The predicted octanol–water partition coefficient (Wildman–Crippen LogP) is 3.02. The zero-order chi connectivity index (χ0) is 26.1. The smallest absolute Gasteiger partial charge is 0.254 e. The molecule has 2 N–H and O–H groups in total. The summed E-state index contributed by atoms with van der Waals surface area (Å²) in [7, 11) is 0. The number of nitrogens with zero attached hydrogens (tertiary/aromatic N) is 3. The number of carbonyl (C=O) groups is 2. The Labute approximate surface area is 224 Å². The fraction of sp³-hybridized carbons (Fsp3) is 0.548. The molecule has 7 rings (SSSR count). The third-order valence-corrected chi connectivity index (χ3v) is 9.79. The van der Waals surface area contributed by atoms with Crippen molar-refractivity contribution in [1.82, 2.24) is 14.7 Å². The highest BCUT2D eigenvalue weighted by atomic mass is 16.3. The standard InChI is InChI=1S/C31H38N4O3/c1-21(36)35-18-30(19-35)13-25(14-30)32-24-6-7-28-27(12-24)29(38)34(20-31(28)9-10-31)17-26(37)16-33-11-8-22-4-2-3-5-23(22)15-33/h2-7,12,25-26,32,37H,8-11,13-20H2,1H3/t26-/m1/s1. The van der Waals surface area contributed by atoms with E-state index < -0.39 is 6.10 Å². The molecule has 2 saturated carbocycles. The average Bonchev–Trinajstić information content (AvgIpc) is 3.62. The number of rotatable bonds is 6. The van der Waals surface area contributed by atoms with E-state index in [2.05, 4.69) is 46.6 Å². The molecule has 2 aliphatic carbocycles. The summed E-state index contributed by atoms with van der Waals surface area (Å²) in [6.07, 6.45) is 4.80. The molecule has 5 aliphatic rings. The van der Waals surface area contributed by atoms with Crippen LogP contribution in [-0.2, 0) is 23.2 Å². The van der Waals surface area contributed by atoms with Crippen LogP contribution in [0.5, 0.6) is 0 Å². The summed E-state index contributed by atoms with van der Waals surface area (Å²) in [6, 6.07) is 15.3. The lowest BCUT2D eigenvalue weighted by atomic mass is 9.60. The van der Waals surface area contributed by atoms with Gasteiger partial charge in [-0.3, -0.25) is 14.5 Å². The van der Waals surface area contributed by atoms with Crippen molar-refractivity contribution in [3.05, 3.63) is 64.7 Å². The van der Waals surface area contributed by atoms with Crippen LogP contribution in [0.25, 0.3) is 0 Å². The van der Waals surface area contributed by atoms with Gasteiger partial charge in [0, 0.05) is 80.9 Å². The third-order valence-electron chi connectivity index (χ3n) is 9.79. The number of hydrogen-bond acceptors (Lipinski definition) is 5. The molecule has 3 aliphatic heterocycles. The van der Waals surface area contributed by atoms with Crippen LogP contribution >= 0.6 is 0 Å². The highest BCUT2D eigenvalue weighted by Gasteiger charge is 2.54. The van der Waals surface area contributed by atoms with Crippen LogP contribution in [0.3, 0.4) is 0 Å². The summed E-state index contributed by atoms with van der Waals surface area (Å²) in [4.78, 5) is 31.3. The second-order valence-electron chi connectivity index (χ2n) is 12.8. The molecule has 2 amide bonds. The Balaban J connectivity index is 0.991. The number of benzene rings is 2. The Morgan fingerprint density at radius 1 is 1.08 bits per heavy atom. The van der Waals surface area contributed by atoms with E-state index in [0.717, 1.165) is 69.5 Å². The number of anilines is 1. The Morgan fingerprint density at radius 2 is 1.84 bits per heavy atom. The van der Waals surface area contributed by atoms with Crippen molar-refractivity contribution in [1.29, 1.82) is 0 Å². The number of hydrogen-bond donors (Lipinski definition) is 2. The van der Waals surface area contributed by atoms with Crippen LogP contribution in [-0.4, -0.2) is 83.0 Å². The molecule has 7 heteroatoms. The van der Waals surface area contributed by atoms with Crippen LogP contribution in [0.4, 0.5) is 5.69 Å². The van der Waals surface area contributed by atoms with Gasteiger partial charge in [0.2, 0.25) is 5.91 Å². The zero-order valence-electron chi connectivity index (χ0n) is 22.3. The highest BCUT2D eigenvalue weighted by Crippen LogP contribution is 2.53. The van der Waals surface area contributed by atoms with E-state index in [1.807, 2.05) is 15.9 Å². The maximum Gasteiger partial charge on any atom is 0.254 e. The van der Waals surface area contributed by atoms with E-state index in [9.17, 15) is 14.7 Å². The fourth-order valence-corrected chi connectivity index (χ4v) is 7.58. The van der Waals surface area contributed by atoms with Crippen LogP contribution in [0, 0.1) is 5.41 Å². The topological polar surface area (TPSA) is 76.1 Å². The number of fused-ring (bicyclic) bond motifs is 3. The summed E-state index contributed by atoms with van der Waals surface area (Å²) >= 11 is 0. The number of nitrogens with one attached hydrogen (secondary N) is 1. The van der Waals surface area contributed by atoms with Crippen molar-refractivity contribution in [2.45, 2.75) is 63.1 Å². The summed E-state index contributed by atoms with van der Waals surface area (Å²) in [6.45, 7) is 6.89. The summed E-state index contributed by atoms with van der Waals surface area (Å²) in [5.74, 6) is 0.218. The van der Waals surface area contributed by atoms with E-state index in [1.54, 1.807) is 6.92 Å². The molecule has 7 nitrogen and oxygen atoms in total. The van der Waals surface area contributed by atoms with Crippen molar-refractivity contribution in [2.24, 2.45) is 5.41 Å². The minimum absolute atomic E-state index is 0.0467. The van der Waals surface area contributed by atoms with Gasteiger partial charge in [-0.05, 0) is 60.9 Å². The molecule has 0 unspecified atom stereocenters. The Kier molecular flexibility index (Phi) is 5.61. The Bertz CT molecular complexity index is 1270. The van der Waals surface area contributed by atoms with Gasteiger partial charge in [0.05, 0.1) is 6.10 Å². The Hall–Kier alpha value is -2.90. The lowest BCUT2D eigenvalue weighted by Gasteiger charge is -2.59. The van der Waals surface area contributed by atoms with Crippen molar-refractivity contribution in [2.75, 3.05) is 44.6 Å². The fourth-order valence-electron chi connectivity index (χ4n) is 7.58. The van der Waals surface area contributed by atoms with Crippen molar-refractivity contribution in [3.63, 3.8) is 0 Å². The SMILES string of the molecule is CC(=O)N1CC2(CC(Nc3ccc4c(c3)C(=O)N(C[C@H](O)CN3CCc5ccccc5C3)CC43CC3)C2)C1. The molecule has 200 valence electrons. The molecular weight excluding hydrogens is 476 g/mol. The number of amides is 2. The highest BCUT2D eigenvalue weighted by molar-refractivity contribution is 5.99. The van der Waals surface area contributed by atoms with Gasteiger partial charge in [0.15, 0.2) is 0 Å². The van der Waals surface area contributed by atoms with E-state index >= 15 is 0 Å².